The van der Waals surface area contributed by atoms with Crippen LogP contribution in [0.5, 0.6) is 11.5 Å². The van der Waals surface area contributed by atoms with Gasteiger partial charge in [-0.05, 0) is 48.2 Å². The number of carbonyl (C=O) groups is 1. The predicted octanol–water partition coefficient (Wildman–Crippen LogP) is 4.86. The van der Waals surface area contributed by atoms with Crippen LogP contribution in [-0.4, -0.2) is 6.29 Å². The molecule has 2 rings (SSSR count). The summed E-state index contributed by atoms with van der Waals surface area (Å²) in [4.78, 5) is 11.0. The molecule has 0 aliphatic heterocycles. The molecule has 0 bridgehead atoms. The lowest BCUT2D eigenvalue weighted by atomic mass is 10.0. The summed E-state index contributed by atoms with van der Waals surface area (Å²) in [6, 6.07) is 9.89. The molecule has 104 valence electrons. The quantitative estimate of drug-likeness (QED) is 0.743. The maximum absolute atomic E-state index is 13.1. The fourth-order valence-corrected chi connectivity index (χ4v) is 2.03. The number of rotatable bonds is 4. The van der Waals surface area contributed by atoms with E-state index >= 15 is 0 Å². The van der Waals surface area contributed by atoms with E-state index in [1.807, 2.05) is 25.1 Å². The molecule has 0 amide bonds. The van der Waals surface area contributed by atoms with Crippen molar-refractivity contribution in [3.63, 3.8) is 0 Å². The third-order valence-corrected chi connectivity index (χ3v) is 3.11. The molecule has 0 atom stereocenters. The number of aldehydes is 1. The smallest absolute Gasteiger partial charge is 0.153 e. The third-order valence-electron chi connectivity index (χ3n) is 3.11. The van der Waals surface area contributed by atoms with E-state index in [1.165, 1.54) is 18.2 Å². The molecule has 0 fully saturated rings. The molecule has 0 aromatic heterocycles. The van der Waals surface area contributed by atoms with Crippen LogP contribution in [0.2, 0.25) is 0 Å². The van der Waals surface area contributed by atoms with Gasteiger partial charge in [0.2, 0.25) is 0 Å². The van der Waals surface area contributed by atoms with Crippen LogP contribution in [0, 0.1) is 12.7 Å². The normalized spacial score (nSPS) is 10.7. The van der Waals surface area contributed by atoms with Gasteiger partial charge in [0.05, 0.1) is 5.56 Å². The molecule has 2 aromatic rings. The molecule has 0 unspecified atom stereocenters. The Kier molecular flexibility index (Phi) is 4.18. The van der Waals surface area contributed by atoms with Gasteiger partial charge >= 0.3 is 0 Å². The van der Waals surface area contributed by atoms with Crippen LogP contribution in [0.3, 0.4) is 0 Å². The summed E-state index contributed by atoms with van der Waals surface area (Å²) < 4.78 is 19.0. The zero-order valence-corrected chi connectivity index (χ0v) is 11.8. The second kappa shape index (κ2) is 5.87. The topological polar surface area (TPSA) is 26.3 Å². The molecular weight excluding hydrogens is 255 g/mol. The number of ether oxygens (including phenoxy) is 1. The second-order valence-corrected chi connectivity index (χ2v) is 5.10. The molecule has 0 spiro atoms. The molecule has 3 heteroatoms. The molecule has 20 heavy (non-hydrogen) atoms. The Morgan fingerprint density at radius 3 is 2.50 bits per heavy atom. The van der Waals surface area contributed by atoms with Crippen molar-refractivity contribution < 1.29 is 13.9 Å². The summed E-state index contributed by atoms with van der Waals surface area (Å²) in [5.74, 6) is 0.919. The summed E-state index contributed by atoms with van der Waals surface area (Å²) in [7, 11) is 0. The van der Waals surface area contributed by atoms with Gasteiger partial charge in [0.15, 0.2) is 6.29 Å². The highest BCUT2D eigenvalue weighted by Gasteiger charge is 2.12. The van der Waals surface area contributed by atoms with Crippen LogP contribution >= 0.6 is 0 Å². The van der Waals surface area contributed by atoms with Gasteiger partial charge in [-0.1, -0.05) is 26.0 Å². The molecule has 0 heterocycles. The first-order valence-corrected chi connectivity index (χ1v) is 6.54. The van der Waals surface area contributed by atoms with Gasteiger partial charge in [-0.25, -0.2) is 4.39 Å². The highest BCUT2D eigenvalue weighted by Crippen LogP contribution is 2.32. The maximum Gasteiger partial charge on any atom is 0.153 e. The van der Waals surface area contributed by atoms with Crippen molar-refractivity contribution in [1.29, 1.82) is 0 Å². The summed E-state index contributed by atoms with van der Waals surface area (Å²) >= 11 is 0. The van der Waals surface area contributed by atoms with E-state index in [0.29, 0.717) is 23.7 Å². The molecule has 0 N–H and O–H groups in total. The first kappa shape index (κ1) is 14.3. The first-order valence-electron chi connectivity index (χ1n) is 6.54. The van der Waals surface area contributed by atoms with Gasteiger partial charge in [0, 0.05) is 0 Å². The highest BCUT2D eigenvalue weighted by atomic mass is 19.1. The molecule has 0 saturated heterocycles. The summed E-state index contributed by atoms with van der Waals surface area (Å²) in [6.07, 6.45) is 0.600. The predicted molar refractivity (Wildman–Crippen MR) is 77.1 cm³/mol. The first-order chi connectivity index (χ1) is 9.51. The second-order valence-electron chi connectivity index (χ2n) is 5.10. The van der Waals surface area contributed by atoms with Crippen LogP contribution in [0.15, 0.2) is 36.4 Å². The van der Waals surface area contributed by atoms with Gasteiger partial charge in [0.1, 0.15) is 17.3 Å². The SMILES string of the molecule is Cc1ccc(C(C)C)c(Oc2ccc(F)cc2C=O)c1. The monoisotopic (exact) mass is 272 g/mol. The summed E-state index contributed by atoms with van der Waals surface area (Å²) in [5, 5.41) is 0. The number of hydrogen-bond donors (Lipinski definition) is 0. The van der Waals surface area contributed by atoms with Crippen molar-refractivity contribution in [3.05, 3.63) is 58.9 Å². The molecule has 0 radical (unpaired) electrons. The van der Waals surface area contributed by atoms with Crippen molar-refractivity contribution in [2.45, 2.75) is 26.7 Å². The van der Waals surface area contributed by atoms with Gasteiger partial charge < -0.3 is 4.74 Å². The Morgan fingerprint density at radius 2 is 1.85 bits per heavy atom. The molecular formula is C17H17FO2. The van der Waals surface area contributed by atoms with E-state index in [0.717, 1.165) is 11.1 Å². The maximum atomic E-state index is 13.1. The molecule has 2 nitrogen and oxygen atoms in total. The van der Waals surface area contributed by atoms with E-state index in [2.05, 4.69) is 13.8 Å². The fraction of sp³-hybridized carbons (Fsp3) is 0.235. The minimum Gasteiger partial charge on any atom is -0.456 e. The van der Waals surface area contributed by atoms with Crippen molar-refractivity contribution in [3.8, 4) is 11.5 Å². The fourth-order valence-electron chi connectivity index (χ4n) is 2.03. The van der Waals surface area contributed by atoms with Crippen molar-refractivity contribution in [2.24, 2.45) is 0 Å². The lowest BCUT2D eigenvalue weighted by Gasteiger charge is -2.15. The van der Waals surface area contributed by atoms with Gasteiger partial charge in [-0.15, -0.1) is 0 Å². The van der Waals surface area contributed by atoms with Crippen molar-refractivity contribution in [1.82, 2.24) is 0 Å². The Hall–Kier alpha value is -2.16. The van der Waals surface area contributed by atoms with E-state index in [9.17, 15) is 9.18 Å². The van der Waals surface area contributed by atoms with Gasteiger partial charge in [-0.3, -0.25) is 4.79 Å². The van der Waals surface area contributed by atoms with Gasteiger partial charge in [-0.2, -0.15) is 0 Å². The van der Waals surface area contributed by atoms with Crippen LogP contribution in [0.4, 0.5) is 4.39 Å². The summed E-state index contributed by atoms with van der Waals surface area (Å²) in [6.45, 7) is 6.12. The molecule has 2 aromatic carbocycles. The van der Waals surface area contributed by atoms with Crippen LogP contribution in [0.25, 0.3) is 0 Å². The average molecular weight is 272 g/mol. The number of aryl methyl sites for hydroxylation is 1. The molecule has 0 aliphatic rings. The summed E-state index contributed by atoms with van der Waals surface area (Å²) in [5.41, 5.74) is 2.33. The standard InChI is InChI=1S/C17H17FO2/c1-11(2)15-6-4-12(3)8-17(15)20-16-7-5-14(18)9-13(16)10-19/h4-11H,1-3H3. The number of carbonyl (C=O) groups excluding carboxylic acids is 1. The molecule has 0 saturated carbocycles. The largest absolute Gasteiger partial charge is 0.456 e. The van der Waals surface area contributed by atoms with Crippen LogP contribution < -0.4 is 4.74 Å². The highest BCUT2D eigenvalue weighted by molar-refractivity contribution is 5.79. The average Bonchev–Trinajstić information content (AvgIpc) is 2.40. The lowest BCUT2D eigenvalue weighted by Crippen LogP contribution is -1.97. The van der Waals surface area contributed by atoms with Gasteiger partial charge in [0.25, 0.3) is 0 Å². The van der Waals surface area contributed by atoms with E-state index in [1.54, 1.807) is 0 Å². The van der Waals surface area contributed by atoms with E-state index < -0.39 is 5.82 Å². The Bertz CT molecular complexity index is 633. The third kappa shape index (κ3) is 3.05. The zero-order chi connectivity index (χ0) is 14.7. The minimum atomic E-state index is -0.451. The molecule has 0 aliphatic carbocycles. The van der Waals surface area contributed by atoms with E-state index in [4.69, 9.17) is 4.74 Å². The number of benzene rings is 2. The Balaban J connectivity index is 2.44. The van der Waals surface area contributed by atoms with Crippen molar-refractivity contribution >= 4 is 6.29 Å². The lowest BCUT2D eigenvalue weighted by molar-refractivity contribution is 0.112. The number of hydrogen-bond acceptors (Lipinski definition) is 2. The minimum absolute atomic E-state index is 0.209. The van der Waals surface area contributed by atoms with E-state index in [-0.39, 0.29) is 5.56 Å². The number of halogens is 1. The van der Waals surface area contributed by atoms with Crippen molar-refractivity contribution in [2.75, 3.05) is 0 Å². The zero-order valence-electron chi connectivity index (χ0n) is 11.8. The Morgan fingerprint density at radius 1 is 1.10 bits per heavy atom. The van der Waals surface area contributed by atoms with Crippen LogP contribution in [0.1, 0.15) is 41.3 Å². The Labute approximate surface area is 118 Å². The van der Waals surface area contributed by atoms with Crippen LogP contribution in [-0.2, 0) is 0 Å².